The number of rotatable bonds is 1. The van der Waals surface area contributed by atoms with Crippen molar-refractivity contribution in [2.75, 3.05) is 46.3 Å². The van der Waals surface area contributed by atoms with Crippen molar-refractivity contribution in [2.24, 2.45) is 11.8 Å². The fourth-order valence-electron chi connectivity index (χ4n) is 5.63. The van der Waals surface area contributed by atoms with Gasteiger partial charge in [-0.05, 0) is 74.9 Å². The molecule has 0 unspecified atom stereocenters. The Labute approximate surface area is 211 Å². The van der Waals surface area contributed by atoms with E-state index in [1.807, 2.05) is 0 Å². The number of carbonyl (C=O) groups is 4. The van der Waals surface area contributed by atoms with Gasteiger partial charge in [0, 0.05) is 45.1 Å². The SMILES string of the molecule is CN1CC(=O)NC2(CCN(C(=O)c3ccc(F)cc3)CC2)CC(=O)NCC[C@H]2CNCC[C@H]2CC1=O. The van der Waals surface area contributed by atoms with Crippen molar-refractivity contribution in [1.82, 2.24) is 25.8 Å². The molecule has 10 heteroatoms. The first kappa shape index (κ1) is 26.1. The molecule has 3 fully saturated rings. The number of fused-ring (bicyclic) bond motifs is 1. The zero-order valence-electron chi connectivity index (χ0n) is 20.9. The van der Waals surface area contributed by atoms with Crippen LogP contribution >= 0.6 is 0 Å². The molecule has 196 valence electrons. The van der Waals surface area contributed by atoms with E-state index in [0.29, 0.717) is 50.4 Å². The summed E-state index contributed by atoms with van der Waals surface area (Å²) in [6.07, 6.45) is 3.02. The third-order valence-corrected chi connectivity index (χ3v) is 7.85. The summed E-state index contributed by atoms with van der Waals surface area (Å²) in [6.45, 7) is 2.84. The Balaban J connectivity index is 1.45. The van der Waals surface area contributed by atoms with Crippen LogP contribution in [0.3, 0.4) is 0 Å². The van der Waals surface area contributed by atoms with Gasteiger partial charge in [0.15, 0.2) is 0 Å². The summed E-state index contributed by atoms with van der Waals surface area (Å²) in [4.78, 5) is 54.8. The second kappa shape index (κ2) is 11.4. The lowest BCUT2D eigenvalue weighted by molar-refractivity contribution is -0.137. The molecule has 3 aliphatic heterocycles. The number of benzene rings is 1. The quantitative estimate of drug-likeness (QED) is 0.530. The van der Waals surface area contributed by atoms with Gasteiger partial charge in [-0.15, -0.1) is 0 Å². The van der Waals surface area contributed by atoms with Gasteiger partial charge in [0.1, 0.15) is 5.82 Å². The number of carbonyl (C=O) groups excluding carboxylic acids is 4. The van der Waals surface area contributed by atoms with Crippen LogP contribution in [0.4, 0.5) is 4.39 Å². The standard InChI is InChI=1S/C26H36FN5O4/c1-31-17-23(34)30-26(8-12-32(13-9-26)25(36)18-2-4-21(27)5-3-18)15-22(33)29-11-7-20-16-28-10-6-19(20)14-24(31)35/h2-5,19-20,28H,6-17H2,1H3,(H,29,33)(H,30,34)/t19-,20-/m0/s1. The first-order chi connectivity index (χ1) is 17.2. The van der Waals surface area contributed by atoms with Crippen LogP contribution in [-0.4, -0.2) is 85.3 Å². The Bertz CT molecular complexity index is 977. The van der Waals surface area contributed by atoms with Crippen LogP contribution in [0.1, 0.15) is 48.9 Å². The minimum absolute atomic E-state index is 0.0445. The van der Waals surface area contributed by atoms with E-state index in [4.69, 9.17) is 0 Å². The van der Waals surface area contributed by atoms with E-state index < -0.39 is 11.4 Å². The molecule has 3 heterocycles. The first-order valence-electron chi connectivity index (χ1n) is 12.8. The third kappa shape index (κ3) is 6.40. The van der Waals surface area contributed by atoms with Gasteiger partial charge in [0.25, 0.3) is 5.91 Å². The van der Waals surface area contributed by atoms with Crippen LogP contribution < -0.4 is 16.0 Å². The molecule has 0 aliphatic carbocycles. The highest BCUT2D eigenvalue weighted by molar-refractivity contribution is 5.94. The fourth-order valence-corrected chi connectivity index (χ4v) is 5.63. The van der Waals surface area contributed by atoms with E-state index in [1.54, 1.807) is 11.9 Å². The molecule has 3 saturated heterocycles. The maximum Gasteiger partial charge on any atom is 0.253 e. The maximum atomic E-state index is 13.2. The van der Waals surface area contributed by atoms with Crippen molar-refractivity contribution < 1.29 is 23.6 Å². The molecule has 1 spiro atoms. The minimum Gasteiger partial charge on any atom is -0.356 e. The van der Waals surface area contributed by atoms with E-state index >= 15 is 0 Å². The van der Waals surface area contributed by atoms with Crippen LogP contribution in [0.15, 0.2) is 24.3 Å². The Hall–Kier alpha value is -3.01. The molecule has 0 aromatic heterocycles. The molecule has 36 heavy (non-hydrogen) atoms. The topological polar surface area (TPSA) is 111 Å². The zero-order chi connectivity index (χ0) is 25.7. The zero-order valence-corrected chi connectivity index (χ0v) is 20.9. The number of nitrogens with zero attached hydrogens (tertiary/aromatic N) is 2. The van der Waals surface area contributed by atoms with E-state index in [1.165, 1.54) is 29.2 Å². The molecule has 9 nitrogen and oxygen atoms in total. The second-order valence-electron chi connectivity index (χ2n) is 10.4. The minimum atomic E-state index is -0.802. The highest BCUT2D eigenvalue weighted by Gasteiger charge is 2.40. The lowest BCUT2D eigenvalue weighted by atomic mass is 9.81. The summed E-state index contributed by atoms with van der Waals surface area (Å²) < 4.78 is 13.2. The number of halogens is 1. The van der Waals surface area contributed by atoms with Gasteiger partial charge in [-0.3, -0.25) is 19.2 Å². The van der Waals surface area contributed by atoms with Crippen molar-refractivity contribution in [3.8, 4) is 0 Å². The number of hydrogen-bond donors (Lipinski definition) is 3. The highest BCUT2D eigenvalue weighted by atomic mass is 19.1. The summed E-state index contributed by atoms with van der Waals surface area (Å²) in [5.74, 6) is -0.566. The van der Waals surface area contributed by atoms with Crippen molar-refractivity contribution in [1.29, 1.82) is 0 Å². The first-order valence-corrected chi connectivity index (χ1v) is 12.8. The number of hydrogen-bond acceptors (Lipinski definition) is 5. The lowest BCUT2D eigenvalue weighted by Gasteiger charge is -2.42. The summed E-state index contributed by atoms with van der Waals surface area (Å²) in [5.41, 5.74) is -0.403. The van der Waals surface area contributed by atoms with E-state index in [9.17, 15) is 23.6 Å². The molecule has 3 aliphatic rings. The molecule has 4 amide bonds. The Kier molecular flexibility index (Phi) is 8.23. The van der Waals surface area contributed by atoms with Crippen molar-refractivity contribution in [3.05, 3.63) is 35.6 Å². The van der Waals surface area contributed by atoms with E-state index in [2.05, 4.69) is 16.0 Å². The molecule has 0 bridgehead atoms. The molecular formula is C26H36FN5O4. The number of likely N-dealkylation sites (N-methyl/N-ethyl adjacent to an activating group) is 1. The largest absolute Gasteiger partial charge is 0.356 e. The maximum absolute atomic E-state index is 13.2. The van der Waals surface area contributed by atoms with Crippen LogP contribution in [0.2, 0.25) is 0 Å². The average Bonchev–Trinajstić information content (AvgIpc) is 2.85. The van der Waals surface area contributed by atoms with Crippen LogP contribution in [0.5, 0.6) is 0 Å². The van der Waals surface area contributed by atoms with Crippen molar-refractivity contribution in [3.63, 3.8) is 0 Å². The van der Waals surface area contributed by atoms with Crippen molar-refractivity contribution in [2.45, 2.75) is 44.1 Å². The smallest absolute Gasteiger partial charge is 0.253 e. The Morgan fingerprint density at radius 1 is 1.00 bits per heavy atom. The predicted octanol–water partition coefficient (Wildman–Crippen LogP) is 0.901. The van der Waals surface area contributed by atoms with Gasteiger partial charge < -0.3 is 25.8 Å². The number of amides is 4. The van der Waals surface area contributed by atoms with Crippen molar-refractivity contribution >= 4 is 23.6 Å². The number of nitrogens with one attached hydrogen (secondary N) is 3. The summed E-state index contributed by atoms with van der Waals surface area (Å²) >= 11 is 0. The van der Waals surface area contributed by atoms with Crippen LogP contribution in [0, 0.1) is 17.7 Å². The third-order valence-electron chi connectivity index (χ3n) is 7.85. The molecule has 3 N–H and O–H groups in total. The second-order valence-corrected chi connectivity index (χ2v) is 10.4. The summed E-state index contributed by atoms with van der Waals surface area (Å²) in [7, 11) is 1.65. The average molecular weight is 502 g/mol. The van der Waals surface area contributed by atoms with E-state index in [-0.39, 0.29) is 42.5 Å². The van der Waals surface area contributed by atoms with Gasteiger partial charge in [0.05, 0.1) is 12.1 Å². The summed E-state index contributed by atoms with van der Waals surface area (Å²) in [5, 5.41) is 9.44. The van der Waals surface area contributed by atoms with Gasteiger partial charge in [0.2, 0.25) is 17.7 Å². The fraction of sp³-hybridized carbons (Fsp3) is 0.615. The van der Waals surface area contributed by atoms with Crippen LogP contribution in [-0.2, 0) is 14.4 Å². The molecule has 2 atom stereocenters. The Morgan fingerprint density at radius 3 is 2.42 bits per heavy atom. The molecule has 0 saturated carbocycles. The molecule has 1 aromatic rings. The molecule has 1 aromatic carbocycles. The Morgan fingerprint density at radius 2 is 1.69 bits per heavy atom. The van der Waals surface area contributed by atoms with Crippen LogP contribution in [0.25, 0.3) is 0 Å². The number of likely N-dealkylation sites (tertiary alicyclic amines) is 1. The van der Waals surface area contributed by atoms with Gasteiger partial charge in [-0.25, -0.2) is 4.39 Å². The van der Waals surface area contributed by atoms with Gasteiger partial charge in [-0.2, -0.15) is 0 Å². The normalized spacial score (nSPS) is 26.0. The molecule has 0 radical (unpaired) electrons. The lowest BCUT2D eigenvalue weighted by Crippen LogP contribution is -2.59. The predicted molar refractivity (Wildman–Crippen MR) is 131 cm³/mol. The highest BCUT2D eigenvalue weighted by Crippen LogP contribution is 2.29. The summed E-state index contributed by atoms with van der Waals surface area (Å²) in [6, 6.07) is 5.42. The number of piperidine rings is 2. The monoisotopic (exact) mass is 501 g/mol. The molecular weight excluding hydrogens is 465 g/mol. The van der Waals surface area contributed by atoms with Gasteiger partial charge >= 0.3 is 0 Å². The molecule has 4 rings (SSSR count). The van der Waals surface area contributed by atoms with E-state index in [0.717, 1.165) is 25.9 Å². The van der Waals surface area contributed by atoms with Gasteiger partial charge in [-0.1, -0.05) is 0 Å².